The van der Waals surface area contributed by atoms with Gasteiger partial charge >= 0.3 is 0 Å². The second kappa shape index (κ2) is 11.8. The molecule has 3 heterocycles. The molecule has 1 N–H and O–H groups in total. The average Bonchev–Trinajstić information content (AvgIpc) is 3.36. The van der Waals surface area contributed by atoms with Crippen LogP contribution in [0.2, 0.25) is 0 Å². The molecule has 0 radical (unpaired) electrons. The molecule has 206 valence electrons. The maximum absolute atomic E-state index is 12.6. The van der Waals surface area contributed by atoms with Crippen LogP contribution in [0, 0.1) is 6.92 Å². The molecule has 4 rings (SSSR count). The van der Waals surface area contributed by atoms with E-state index in [-0.39, 0.29) is 23.5 Å². The molecule has 1 fully saturated rings. The lowest BCUT2D eigenvalue weighted by Gasteiger charge is -2.38. The number of carbonyl (C=O) groups excluding carboxylic acids is 2. The Morgan fingerprint density at radius 1 is 1.21 bits per heavy atom. The highest BCUT2D eigenvalue weighted by Crippen LogP contribution is 2.32. The first kappa shape index (κ1) is 28.0. The first-order chi connectivity index (χ1) is 18.5. The van der Waals surface area contributed by atoms with Gasteiger partial charge in [0.1, 0.15) is 11.9 Å². The smallest absolute Gasteiger partial charge is 0.273 e. The summed E-state index contributed by atoms with van der Waals surface area (Å²) in [6.07, 6.45) is 8.52. The van der Waals surface area contributed by atoms with Crippen LogP contribution in [-0.2, 0) is 16.9 Å². The fraction of sp³-hybridized carbons (Fsp3) is 0.414. The van der Waals surface area contributed by atoms with Gasteiger partial charge in [0.05, 0.1) is 31.0 Å². The molecule has 1 saturated heterocycles. The predicted octanol–water partition coefficient (Wildman–Crippen LogP) is 3.04. The summed E-state index contributed by atoms with van der Waals surface area (Å²) in [6, 6.07) is 8.02. The Hall–Kier alpha value is -4.05. The maximum atomic E-state index is 12.6. The van der Waals surface area contributed by atoms with E-state index in [0.29, 0.717) is 31.1 Å². The summed E-state index contributed by atoms with van der Waals surface area (Å²) in [7, 11) is 3.92. The highest BCUT2D eigenvalue weighted by Gasteiger charge is 2.31. The van der Waals surface area contributed by atoms with Gasteiger partial charge < -0.3 is 19.9 Å². The summed E-state index contributed by atoms with van der Waals surface area (Å²) < 4.78 is 7.90. The zero-order valence-corrected chi connectivity index (χ0v) is 23.5. The summed E-state index contributed by atoms with van der Waals surface area (Å²) in [5.74, 6) is 0.417. The third kappa shape index (κ3) is 7.08. The van der Waals surface area contributed by atoms with Crippen LogP contribution in [0.4, 0.5) is 0 Å². The van der Waals surface area contributed by atoms with Crippen molar-refractivity contribution in [3.05, 3.63) is 71.8 Å². The van der Waals surface area contributed by atoms with Gasteiger partial charge in [-0.15, -0.1) is 5.10 Å². The number of pyridine rings is 1. The Morgan fingerprint density at radius 2 is 1.97 bits per heavy atom. The van der Waals surface area contributed by atoms with Crippen molar-refractivity contribution in [3.63, 3.8) is 0 Å². The van der Waals surface area contributed by atoms with Crippen LogP contribution in [-0.4, -0.2) is 81.4 Å². The number of amides is 2. The zero-order valence-electron chi connectivity index (χ0n) is 23.5. The molecule has 0 unspecified atom stereocenters. The molecule has 2 amide bonds. The van der Waals surface area contributed by atoms with Crippen molar-refractivity contribution >= 4 is 11.8 Å². The number of rotatable bonds is 9. The summed E-state index contributed by atoms with van der Waals surface area (Å²) in [4.78, 5) is 32.9. The van der Waals surface area contributed by atoms with Crippen LogP contribution in [0.3, 0.4) is 0 Å². The van der Waals surface area contributed by atoms with E-state index in [0.717, 1.165) is 28.8 Å². The van der Waals surface area contributed by atoms with Gasteiger partial charge in [-0.2, -0.15) is 0 Å². The van der Waals surface area contributed by atoms with Gasteiger partial charge in [-0.05, 0) is 64.5 Å². The molecule has 10 heteroatoms. The van der Waals surface area contributed by atoms with Gasteiger partial charge in [0.25, 0.3) is 5.91 Å². The molecule has 10 nitrogen and oxygen atoms in total. The number of hydrogen-bond donors (Lipinski definition) is 1. The first-order valence-corrected chi connectivity index (χ1v) is 13.0. The Bertz CT molecular complexity index is 1350. The molecular weight excluding hydrogens is 494 g/mol. The molecule has 39 heavy (non-hydrogen) atoms. The predicted molar refractivity (Wildman–Crippen MR) is 149 cm³/mol. The molecule has 0 bridgehead atoms. The van der Waals surface area contributed by atoms with Crippen molar-refractivity contribution in [1.82, 2.24) is 35.1 Å². The summed E-state index contributed by atoms with van der Waals surface area (Å²) in [5.41, 5.74) is 4.01. The van der Waals surface area contributed by atoms with E-state index >= 15 is 0 Å². The Kier molecular flexibility index (Phi) is 8.44. The lowest BCUT2D eigenvalue weighted by Crippen LogP contribution is -2.55. The zero-order chi connectivity index (χ0) is 28.2. The molecule has 0 saturated carbocycles. The van der Waals surface area contributed by atoms with Crippen molar-refractivity contribution in [1.29, 1.82) is 0 Å². The van der Waals surface area contributed by atoms with Gasteiger partial charge in [0, 0.05) is 30.9 Å². The van der Waals surface area contributed by atoms with E-state index in [1.807, 2.05) is 71.0 Å². The molecule has 1 aromatic carbocycles. The van der Waals surface area contributed by atoms with Crippen molar-refractivity contribution in [3.8, 4) is 16.9 Å². The van der Waals surface area contributed by atoms with E-state index in [1.54, 1.807) is 34.2 Å². The normalized spacial score (nSPS) is 14.1. The number of aryl methyl sites for hydroxylation is 1. The summed E-state index contributed by atoms with van der Waals surface area (Å²) in [5, 5.41) is 11.0. The van der Waals surface area contributed by atoms with E-state index < -0.39 is 0 Å². The number of hydrogen-bond acceptors (Lipinski definition) is 7. The van der Waals surface area contributed by atoms with Gasteiger partial charge in [0.2, 0.25) is 5.91 Å². The van der Waals surface area contributed by atoms with E-state index in [1.165, 1.54) is 0 Å². The number of carbonyl (C=O) groups is 2. The van der Waals surface area contributed by atoms with Crippen LogP contribution < -0.4 is 10.1 Å². The average molecular weight is 532 g/mol. The maximum Gasteiger partial charge on any atom is 0.273 e. The monoisotopic (exact) mass is 531 g/mol. The van der Waals surface area contributed by atoms with E-state index in [9.17, 15) is 9.59 Å². The number of aromatic nitrogens is 4. The van der Waals surface area contributed by atoms with Crippen LogP contribution in [0.25, 0.3) is 11.1 Å². The van der Waals surface area contributed by atoms with Crippen molar-refractivity contribution in [2.45, 2.75) is 45.9 Å². The highest BCUT2D eigenvalue weighted by atomic mass is 16.5. The Morgan fingerprint density at radius 3 is 2.64 bits per heavy atom. The van der Waals surface area contributed by atoms with E-state index in [2.05, 4.69) is 26.7 Å². The second-order valence-corrected chi connectivity index (χ2v) is 11.1. The molecule has 0 atom stereocenters. The molecule has 0 spiro atoms. The third-order valence-corrected chi connectivity index (χ3v) is 6.48. The Balaban J connectivity index is 1.36. The van der Waals surface area contributed by atoms with Crippen molar-refractivity contribution < 1.29 is 14.3 Å². The van der Waals surface area contributed by atoms with Gasteiger partial charge in [0.15, 0.2) is 5.69 Å². The number of likely N-dealkylation sites (N-methyl/N-ethyl adjacent to an activating group) is 1. The minimum atomic E-state index is -0.264. The quantitative estimate of drug-likeness (QED) is 0.423. The summed E-state index contributed by atoms with van der Waals surface area (Å²) in [6.45, 7) is 10.2. The lowest BCUT2D eigenvalue weighted by molar-refractivity contribution is -0.134. The molecular formula is C29H37N7O3. The molecule has 1 aliphatic heterocycles. The fourth-order valence-electron chi connectivity index (χ4n) is 4.08. The van der Waals surface area contributed by atoms with Crippen LogP contribution >= 0.6 is 0 Å². The molecule has 0 aliphatic carbocycles. The molecule has 2 aromatic heterocycles. The van der Waals surface area contributed by atoms with Crippen LogP contribution in [0.5, 0.6) is 5.75 Å². The van der Waals surface area contributed by atoms with Gasteiger partial charge in [-0.1, -0.05) is 29.5 Å². The topological polar surface area (TPSA) is 105 Å². The highest BCUT2D eigenvalue weighted by molar-refractivity contribution is 5.91. The van der Waals surface area contributed by atoms with Crippen LogP contribution in [0.15, 0.2) is 55.0 Å². The van der Waals surface area contributed by atoms with Crippen molar-refractivity contribution in [2.75, 3.05) is 33.7 Å². The fourth-order valence-corrected chi connectivity index (χ4v) is 4.08. The van der Waals surface area contributed by atoms with Crippen molar-refractivity contribution in [2.24, 2.45) is 0 Å². The third-order valence-electron chi connectivity index (χ3n) is 6.48. The largest absolute Gasteiger partial charge is 0.484 e. The number of likely N-dealkylation sites (tertiary alicyclic amines) is 1. The number of nitrogens with one attached hydrogen (secondary N) is 1. The second-order valence-electron chi connectivity index (χ2n) is 11.1. The minimum Gasteiger partial charge on any atom is -0.484 e. The standard InChI is InChI=1S/C29H37N7O3/c1-20-14-21(9-10-22(20)15-31-28(38)25-19-36(33-32-25)29(2,3)4)24-11-12-30-16-26(24)39-23-17-35(18-23)27(37)8-7-13-34(5)6/h7-12,14,16,19,23H,13,15,17-18H2,1-6H3,(H,31,38)/b8-7+. The molecule has 3 aromatic rings. The molecule has 1 aliphatic rings. The van der Waals surface area contributed by atoms with Gasteiger partial charge in [-0.25, -0.2) is 4.68 Å². The SMILES string of the molecule is Cc1cc(-c2ccncc2OC2CN(C(=O)/C=C/CN(C)C)C2)ccc1CNC(=O)c1cn(C(C)(C)C)nn1. The number of benzene rings is 1. The number of nitrogens with zero attached hydrogens (tertiary/aromatic N) is 6. The van der Waals surface area contributed by atoms with Gasteiger partial charge in [-0.3, -0.25) is 14.6 Å². The first-order valence-electron chi connectivity index (χ1n) is 13.0. The number of ether oxygens (including phenoxy) is 1. The van der Waals surface area contributed by atoms with E-state index in [4.69, 9.17) is 4.74 Å². The lowest BCUT2D eigenvalue weighted by atomic mass is 9.99. The minimum absolute atomic E-state index is 0.000214. The van der Waals surface area contributed by atoms with Crippen LogP contribution in [0.1, 0.15) is 42.4 Å². The Labute approximate surface area is 229 Å². The summed E-state index contributed by atoms with van der Waals surface area (Å²) >= 11 is 0.